The minimum atomic E-state index is 0.981. The van der Waals surface area contributed by atoms with Crippen molar-refractivity contribution < 1.29 is 0 Å². The minimum absolute atomic E-state index is 0.981. The van der Waals surface area contributed by atoms with Crippen LogP contribution in [-0.4, -0.2) is 35.0 Å². The Bertz CT molecular complexity index is 996. The van der Waals surface area contributed by atoms with Gasteiger partial charge in [-0.2, -0.15) is 0 Å². The highest BCUT2D eigenvalue weighted by Crippen LogP contribution is 2.33. The average molecular weight is 343 g/mol. The van der Waals surface area contributed by atoms with Crippen LogP contribution in [-0.2, 0) is 12.8 Å². The van der Waals surface area contributed by atoms with E-state index in [9.17, 15) is 0 Å². The normalized spacial score (nSPS) is 18.0. The first-order chi connectivity index (χ1) is 12.8. The van der Waals surface area contributed by atoms with Gasteiger partial charge in [0.15, 0.2) is 0 Å². The van der Waals surface area contributed by atoms with E-state index in [1.54, 1.807) is 0 Å². The summed E-state index contributed by atoms with van der Waals surface area (Å²) in [6.07, 6.45) is 12.7. The average Bonchev–Trinajstić information content (AvgIpc) is 3.11. The van der Waals surface area contributed by atoms with Crippen molar-refractivity contribution in [3.63, 3.8) is 0 Å². The summed E-state index contributed by atoms with van der Waals surface area (Å²) >= 11 is 0. The van der Waals surface area contributed by atoms with Crippen LogP contribution in [0.1, 0.15) is 36.0 Å². The number of likely N-dealkylation sites (N-methyl/N-ethyl adjacent to an activating group) is 1. The molecule has 2 aliphatic rings. The van der Waals surface area contributed by atoms with Gasteiger partial charge in [-0.3, -0.25) is 0 Å². The second kappa shape index (κ2) is 6.40. The maximum atomic E-state index is 4.70. The minimum Gasteiger partial charge on any atom is -0.346 e. The van der Waals surface area contributed by atoms with E-state index in [1.165, 1.54) is 64.5 Å². The standard InChI is InChI=1S/C23H25N3/c1-26-10-8-17(9-11-26)20-13-21-22(15-25-23(21)24-14-20)19-7-6-16-4-2-3-5-18(16)12-19/h6-8,12-15H,2-5,9-11H2,1H3,(H,24,25). The van der Waals surface area contributed by atoms with Crippen LogP contribution >= 0.6 is 0 Å². The molecule has 3 nitrogen and oxygen atoms in total. The van der Waals surface area contributed by atoms with Gasteiger partial charge in [0.2, 0.25) is 0 Å². The monoisotopic (exact) mass is 343 g/mol. The van der Waals surface area contributed by atoms with Gasteiger partial charge in [0.25, 0.3) is 0 Å². The third-order valence-corrected chi connectivity index (χ3v) is 5.97. The lowest BCUT2D eigenvalue weighted by Crippen LogP contribution is -2.23. The van der Waals surface area contributed by atoms with E-state index in [0.717, 1.165) is 25.2 Å². The predicted molar refractivity (Wildman–Crippen MR) is 108 cm³/mol. The molecule has 1 N–H and O–H groups in total. The fraction of sp³-hybridized carbons (Fsp3) is 0.348. The van der Waals surface area contributed by atoms with Gasteiger partial charge in [0, 0.05) is 36.4 Å². The molecule has 0 radical (unpaired) electrons. The van der Waals surface area contributed by atoms with Crippen molar-refractivity contribution in [3.8, 4) is 11.1 Å². The van der Waals surface area contributed by atoms with Crippen molar-refractivity contribution in [2.45, 2.75) is 32.1 Å². The fourth-order valence-electron chi connectivity index (χ4n) is 4.35. The van der Waals surface area contributed by atoms with Crippen LogP contribution in [0.5, 0.6) is 0 Å². The van der Waals surface area contributed by atoms with Gasteiger partial charge in [0.1, 0.15) is 5.65 Å². The van der Waals surface area contributed by atoms with Crippen molar-refractivity contribution in [2.75, 3.05) is 20.1 Å². The molecule has 3 heteroatoms. The summed E-state index contributed by atoms with van der Waals surface area (Å²) < 4.78 is 0. The van der Waals surface area contributed by atoms with E-state index < -0.39 is 0 Å². The SMILES string of the molecule is CN1CC=C(c2cnc3[nH]cc(-c4ccc5c(c4)CCCC5)c3c2)CC1. The maximum Gasteiger partial charge on any atom is 0.137 e. The number of fused-ring (bicyclic) bond motifs is 2. The second-order valence-corrected chi connectivity index (χ2v) is 7.75. The fourth-order valence-corrected chi connectivity index (χ4v) is 4.35. The number of aromatic amines is 1. The number of pyridine rings is 1. The van der Waals surface area contributed by atoms with Crippen LogP contribution in [0.15, 0.2) is 42.7 Å². The largest absolute Gasteiger partial charge is 0.346 e. The molecule has 3 aromatic rings. The molecule has 132 valence electrons. The van der Waals surface area contributed by atoms with Crippen molar-refractivity contribution in [2.24, 2.45) is 0 Å². The maximum absolute atomic E-state index is 4.70. The number of hydrogen-bond donors (Lipinski definition) is 1. The molecule has 0 amide bonds. The van der Waals surface area contributed by atoms with Gasteiger partial charge in [-0.05, 0) is 73.0 Å². The lowest BCUT2D eigenvalue weighted by Gasteiger charge is -2.22. The second-order valence-electron chi connectivity index (χ2n) is 7.75. The zero-order valence-electron chi connectivity index (χ0n) is 15.4. The molecular formula is C23H25N3. The summed E-state index contributed by atoms with van der Waals surface area (Å²) in [5.74, 6) is 0. The van der Waals surface area contributed by atoms with Gasteiger partial charge in [-0.15, -0.1) is 0 Å². The molecule has 3 heterocycles. The molecule has 0 saturated heterocycles. The molecule has 0 atom stereocenters. The van der Waals surface area contributed by atoms with Crippen molar-refractivity contribution in [3.05, 3.63) is 59.4 Å². The smallest absolute Gasteiger partial charge is 0.137 e. The molecule has 5 rings (SSSR count). The Morgan fingerprint density at radius 1 is 1.00 bits per heavy atom. The van der Waals surface area contributed by atoms with Gasteiger partial charge in [-0.1, -0.05) is 24.3 Å². The molecule has 0 fully saturated rings. The van der Waals surface area contributed by atoms with Crippen LogP contribution in [0.2, 0.25) is 0 Å². The number of nitrogens with one attached hydrogen (secondary N) is 1. The molecule has 26 heavy (non-hydrogen) atoms. The predicted octanol–water partition coefficient (Wildman–Crippen LogP) is 4.83. The highest BCUT2D eigenvalue weighted by atomic mass is 15.1. The Balaban J connectivity index is 1.57. The van der Waals surface area contributed by atoms with E-state index in [4.69, 9.17) is 4.98 Å². The zero-order chi connectivity index (χ0) is 17.5. The van der Waals surface area contributed by atoms with E-state index in [2.05, 4.69) is 53.5 Å². The quantitative estimate of drug-likeness (QED) is 0.723. The molecule has 0 unspecified atom stereocenters. The molecule has 1 aliphatic heterocycles. The number of rotatable bonds is 2. The van der Waals surface area contributed by atoms with E-state index in [1.807, 2.05) is 6.20 Å². The van der Waals surface area contributed by atoms with E-state index in [-0.39, 0.29) is 0 Å². The van der Waals surface area contributed by atoms with E-state index >= 15 is 0 Å². The van der Waals surface area contributed by atoms with Gasteiger partial charge in [-0.25, -0.2) is 4.98 Å². The highest BCUT2D eigenvalue weighted by molar-refractivity contribution is 5.95. The summed E-state index contributed by atoms with van der Waals surface area (Å²) in [5, 5.41) is 1.23. The molecular weight excluding hydrogens is 318 g/mol. The first-order valence-electron chi connectivity index (χ1n) is 9.75. The summed E-state index contributed by atoms with van der Waals surface area (Å²) in [5.41, 5.74) is 9.33. The molecule has 0 bridgehead atoms. The Morgan fingerprint density at radius 2 is 1.88 bits per heavy atom. The number of nitrogens with zero attached hydrogens (tertiary/aromatic N) is 2. The Kier molecular flexibility index (Phi) is 3.90. The summed E-state index contributed by atoms with van der Waals surface area (Å²) in [6, 6.07) is 9.34. The third kappa shape index (κ3) is 2.77. The number of aryl methyl sites for hydroxylation is 2. The summed E-state index contributed by atoms with van der Waals surface area (Å²) in [7, 11) is 2.18. The van der Waals surface area contributed by atoms with Crippen molar-refractivity contribution in [1.29, 1.82) is 0 Å². The van der Waals surface area contributed by atoms with Crippen molar-refractivity contribution >= 4 is 16.6 Å². The van der Waals surface area contributed by atoms with Crippen molar-refractivity contribution in [1.82, 2.24) is 14.9 Å². The zero-order valence-corrected chi connectivity index (χ0v) is 15.4. The molecule has 2 aromatic heterocycles. The van der Waals surface area contributed by atoms with Crippen LogP contribution in [0.3, 0.4) is 0 Å². The molecule has 0 spiro atoms. The van der Waals surface area contributed by atoms with Crippen LogP contribution in [0.25, 0.3) is 27.7 Å². The first-order valence-corrected chi connectivity index (χ1v) is 9.75. The lowest BCUT2D eigenvalue weighted by atomic mass is 9.89. The van der Waals surface area contributed by atoms with Gasteiger partial charge < -0.3 is 9.88 Å². The molecule has 1 aromatic carbocycles. The van der Waals surface area contributed by atoms with Crippen LogP contribution < -0.4 is 0 Å². The Morgan fingerprint density at radius 3 is 2.73 bits per heavy atom. The molecule has 1 aliphatic carbocycles. The topological polar surface area (TPSA) is 31.9 Å². The summed E-state index contributed by atoms with van der Waals surface area (Å²) in [6.45, 7) is 2.15. The first kappa shape index (κ1) is 15.8. The number of H-pyrrole nitrogens is 1. The Labute approximate surface area is 154 Å². The number of hydrogen-bond acceptors (Lipinski definition) is 2. The Hall–Kier alpha value is -2.39. The van der Waals surface area contributed by atoms with E-state index in [0.29, 0.717) is 0 Å². The van der Waals surface area contributed by atoms with Crippen LogP contribution in [0, 0.1) is 0 Å². The third-order valence-electron chi connectivity index (χ3n) is 5.97. The summed E-state index contributed by atoms with van der Waals surface area (Å²) in [4.78, 5) is 10.4. The van der Waals surface area contributed by atoms with Gasteiger partial charge in [0.05, 0.1) is 0 Å². The molecule has 0 saturated carbocycles. The number of benzene rings is 1. The number of aromatic nitrogens is 2. The highest BCUT2D eigenvalue weighted by Gasteiger charge is 2.15. The van der Waals surface area contributed by atoms with Crippen LogP contribution in [0.4, 0.5) is 0 Å². The van der Waals surface area contributed by atoms with Gasteiger partial charge >= 0.3 is 0 Å². The lowest BCUT2D eigenvalue weighted by molar-refractivity contribution is 0.370.